The van der Waals surface area contributed by atoms with Gasteiger partial charge in [-0.2, -0.15) is 0 Å². The van der Waals surface area contributed by atoms with E-state index in [0.717, 1.165) is 12.8 Å². The molecule has 0 aliphatic heterocycles. The van der Waals surface area contributed by atoms with Crippen molar-refractivity contribution in [3.05, 3.63) is 66.0 Å². The Bertz CT molecular complexity index is 601. The van der Waals surface area contributed by atoms with Crippen LogP contribution in [0.25, 0.3) is 0 Å². The SMILES string of the molecule is C[C@H](CCc1ccccc1)NC(=O)COc1ccccc1F. The summed E-state index contributed by atoms with van der Waals surface area (Å²) in [6.07, 6.45) is 1.74. The number of para-hydroxylation sites is 1. The van der Waals surface area contributed by atoms with Gasteiger partial charge in [0.05, 0.1) is 0 Å². The van der Waals surface area contributed by atoms with Crippen LogP contribution in [0.4, 0.5) is 4.39 Å². The van der Waals surface area contributed by atoms with Crippen molar-refractivity contribution in [3.63, 3.8) is 0 Å². The molecule has 2 rings (SSSR count). The number of ether oxygens (including phenoxy) is 1. The zero-order valence-corrected chi connectivity index (χ0v) is 12.6. The van der Waals surface area contributed by atoms with Gasteiger partial charge in [-0.25, -0.2) is 4.39 Å². The molecule has 0 fully saturated rings. The predicted octanol–water partition coefficient (Wildman–Crippen LogP) is 3.34. The number of carbonyl (C=O) groups excluding carboxylic acids is 1. The van der Waals surface area contributed by atoms with E-state index < -0.39 is 5.82 Å². The van der Waals surface area contributed by atoms with Crippen molar-refractivity contribution in [2.75, 3.05) is 6.61 Å². The van der Waals surface area contributed by atoms with E-state index in [-0.39, 0.29) is 24.3 Å². The number of hydrogen-bond donors (Lipinski definition) is 1. The lowest BCUT2D eigenvalue weighted by Gasteiger charge is -2.14. The van der Waals surface area contributed by atoms with Crippen LogP contribution >= 0.6 is 0 Å². The molecule has 0 aliphatic carbocycles. The molecule has 22 heavy (non-hydrogen) atoms. The minimum atomic E-state index is -0.465. The van der Waals surface area contributed by atoms with Crippen molar-refractivity contribution in [2.45, 2.75) is 25.8 Å². The van der Waals surface area contributed by atoms with Crippen molar-refractivity contribution in [3.8, 4) is 5.75 Å². The zero-order valence-electron chi connectivity index (χ0n) is 12.6. The third-order valence-corrected chi connectivity index (χ3v) is 3.31. The average Bonchev–Trinajstić information content (AvgIpc) is 2.53. The Morgan fingerprint density at radius 1 is 1.14 bits per heavy atom. The van der Waals surface area contributed by atoms with Gasteiger partial charge >= 0.3 is 0 Å². The van der Waals surface area contributed by atoms with Crippen molar-refractivity contribution in [2.24, 2.45) is 0 Å². The number of benzene rings is 2. The van der Waals surface area contributed by atoms with Gasteiger partial charge in [0.25, 0.3) is 5.91 Å². The van der Waals surface area contributed by atoms with Crippen LogP contribution in [0, 0.1) is 5.82 Å². The van der Waals surface area contributed by atoms with Gasteiger partial charge in [0.1, 0.15) is 0 Å². The van der Waals surface area contributed by atoms with Crippen LogP contribution in [0.1, 0.15) is 18.9 Å². The number of halogens is 1. The number of carbonyl (C=O) groups is 1. The molecule has 0 saturated heterocycles. The molecule has 116 valence electrons. The lowest BCUT2D eigenvalue weighted by molar-refractivity contribution is -0.123. The van der Waals surface area contributed by atoms with Gasteiger partial charge in [0.15, 0.2) is 18.2 Å². The molecule has 0 spiro atoms. The summed E-state index contributed by atoms with van der Waals surface area (Å²) in [6, 6.07) is 16.2. The van der Waals surface area contributed by atoms with Gasteiger partial charge in [0.2, 0.25) is 0 Å². The molecule has 0 radical (unpaired) electrons. The summed E-state index contributed by atoms with van der Waals surface area (Å²) in [5.41, 5.74) is 1.24. The van der Waals surface area contributed by atoms with Crippen LogP contribution < -0.4 is 10.1 Å². The smallest absolute Gasteiger partial charge is 0.258 e. The summed E-state index contributed by atoms with van der Waals surface area (Å²) in [5.74, 6) is -0.620. The average molecular weight is 301 g/mol. The summed E-state index contributed by atoms with van der Waals surface area (Å²) in [4.78, 5) is 11.8. The van der Waals surface area contributed by atoms with Crippen molar-refractivity contribution < 1.29 is 13.9 Å². The molecule has 4 heteroatoms. The second kappa shape index (κ2) is 8.17. The first-order chi connectivity index (χ1) is 10.6. The first-order valence-electron chi connectivity index (χ1n) is 7.36. The van der Waals surface area contributed by atoms with Crippen molar-refractivity contribution >= 4 is 5.91 Å². The number of nitrogens with one attached hydrogen (secondary N) is 1. The largest absolute Gasteiger partial charge is 0.481 e. The lowest BCUT2D eigenvalue weighted by atomic mass is 10.1. The number of amides is 1. The van der Waals surface area contributed by atoms with Gasteiger partial charge in [-0.15, -0.1) is 0 Å². The molecule has 0 aromatic heterocycles. The van der Waals surface area contributed by atoms with E-state index in [1.807, 2.05) is 25.1 Å². The molecule has 2 aromatic carbocycles. The van der Waals surface area contributed by atoms with Crippen molar-refractivity contribution in [1.82, 2.24) is 5.32 Å². The molecular weight excluding hydrogens is 281 g/mol. The number of hydrogen-bond acceptors (Lipinski definition) is 2. The Morgan fingerprint density at radius 3 is 2.55 bits per heavy atom. The fourth-order valence-corrected chi connectivity index (χ4v) is 2.12. The second-order valence-corrected chi connectivity index (χ2v) is 5.21. The highest BCUT2D eigenvalue weighted by atomic mass is 19.1. The van der Waals surface area contributed by atoms with Crippen LogP contribution in [0.2, 0.25) is 0 Å². The summed E-state index contributed by atoms with van der Waals surface area (Å²) >= 11 is 0. The third kappa shape index (κ3) is 5.20. The summed E-state index contributed by atoms with van der Waals surface area (Å²) in [7, 11) is 0. The molecule has 0 bridgehead atoms. The maximum absolute atomic E-state index is 13.4. The molecule has 0 unspecified atom stereocenters. The Balaban J connectivity index is 1.71. The molecule has 0 saturated carbocycles. The number of rotatable bonds is 7. The van der Waals surface area contributed by atoms with E-state index in [2.05, 4.69) is 17.4 Å². The standard InChI is InChI=1S/C18H20FNO2/c1-14(11-12-15-7-3-2-4-8-15)20-18(21)13-22-17-10-6-5-9-16(17)19/h2-10,14H,11-13H2,1H3,(H,20,21)/t14-/m1/s1. The fraction of sp³-hybridized carbons (Fsp3) is 0.278. The van der Waals surface area contributed by atoms with Crippen LogP contribution in [0.5, 0.6) is 5.75 Å². The van der Waals surface area contributed by atoms with E-state index >= 15 is 0 Å². The highest BCUT2D eigenvalue weighted by Crippen LogP contribution is 2.14. The first kappa shape index (κ1) is 16.0. The van der Waals surface area contributed by atoms with Crippen LogP contribution in [-0.4, -0.2) is 18.6 Å². The van der Waals surface area contributed by atoms with E-state index in [1.165, 1.54) is 17.7 Å². The quantitative estimate of drug-likeness (QED) is 0.852. The second-order valence-electron chi connectivity index (χ2n) is 5.21. The maximum Gasteiger partial charge on any atom is 0.258 e. The van der Waals surface area contributed by atoms with E-state index in [4.69, 9.17) is 4.74 Å². The molecule has 1 N–H and O–H groups in total. The van der Waals surface area contributed by atoms with Crippen molar-refractivity contribution in [1.29, 1.82) is 0 Å². The topological polar surface area (TPSA) is 38.3 Å². The monoisotopic (exact) mass is 301 g/mol. The summed E-state index contributed by atoms with van der Waals surface area (Å²) in [5, 5.41) is 2.85. The normalized spacial score (nSPS) is 11.7. The maximum atomic E-state index is 13.4. The zero-order chi connectivity index (χ0) is 15.8. The minimum absolute atomic E-state index is 0.0388. The highest BCUT2D eigenvalue weighted by Gasteiger charge is 2.09. The minimum Gasteiger partial charge on any atom is -0.481 e. The Morgan fingerprint density at radius 2 is 1.82 bits per heavy atom. The summed E-state index contributed by atoms with van der Waals surface area (Å²) < 4.78 is 18.5. The van der Waals surface area contributed by atoms with E-state index in [1.54, 1.807) is 12.1 Å². The third-order valence-electron chi connectivity index (χ3n) is 3.31. The van der Waals surface area contributed by atoms with E-state index in [9.17, 15) is 9.18 Å². The predicted molar refractivity (Wildman–Crippen MR) is 84.3 cm³/mol. The van der Waals surface area contributed by atoms with Crippen LogP contribution in [0.3, 0.4) is 0 Å². The van der Waals surface area contributed by atoms with Gasteiger partial charge in [-0.1, -0.05) is 42.5 Å². The Kier molecular flexibility index (Phi) is 5.95. The molecule has 3 nitrogen and oxygen atoms in total. The number of aryl methyl sites for hydroxylation is 1. The Hall–Kier alpha value is -2.36. The molecule has 1 atom stereocenters. The van der Waals surface area contributed by atoms with Crippen LogP contribution in [-0.2, 0) is 11.2 Å². The lowest BCUT2D eigenvalue weighted by Crippen LogP contribution is -2.36. The van der Waals surface area contributed by atoms with Gasteiger partial charge in [0, 0.05) is 6.04 Å². The molecule has 1 amide bonds. The fourth-order valence-electron chi connectivity index (χ4n) is 2.12. The Labute approximate surface area is 130 Å². The highest BCUT2D eigenvalue weighted by molar-refractivity contribution is 5.77. The van der Waals surface area contributed by atoms with Gasteiger partial charge in [-0.05, 0) is 37.5 Å². The van der Waals surface area contributed by atoms with Crippen LogP contribution in [0.15, 0.2) is 54.6 Å². The molecular formula is C18H20FNO2. The molecule has 2 aromatic rings. The van der Waals surface area contributed by atoms with Gasteiger partial charge < -0.3 is 10.1 Å². The van der Waals surface area contributed by atoms with Gasteiger partial charge in [-0.3, -0.25) is 4.79 Å². The molecule has 0 heterocycles. The summed E-state index contributed by atoms with van der Waals surface area (Å²) in [6.45, 7) is 1.76. The first-order valence-corrected chi connectivity index (χ1v) is 7.36. The van der Waals surface area contributed by atoms with E-state index in [0.29, 0.717) is 0 Å². The molecule has 0 aliphatic rings.